The van der Waals surface area contributed by atoms with Gasteiger partial charge in [-0.3, -0.25) is 9.78 Å². The summed E-state index contributed by atoms with van der Waals surface area (Å²) in [7, 11) is 0. The second kappa shape index (κ2) is 7.28. The largest absolute Gasteiger partial charge is 0.433 e. The summed E-state index contributed by atoms with van der Waals surface area (Å²) in [5.74, 6) is -1.27. The molecule has 3 heterocycles. The summed E-state index contributed by atoms with van der Waals surface area (Å²) in [5, 5.41) is 3.45. The molecule has 10 heteroatoms. The second-order valence-electron chi connectivity index (χ2n) is 6.98. The van der Waals surface area contributed by atoms with Gasteiger partial charge in [-0.1, -0.05) is 23.9 Å². The molecule has 2 aromatic heterocycles. The van der Waals surface area contributed by atoms with Crippen LogP contribution in [0.5, 0.6) is 0 Å². The van der Waals surface area contributed by atoms with Gasteiger partial charge in [-0.25, -0.2) is 9.97 Å². The Hall–Kier alpha value is -3.14. The number of alkyl halides is 3. The van der Waals surface area contributed by atoms with Gasteiger partial charge in [0.05, 0.1) is 9.78 Å². The van der Waals surface area contributed by atoms with Gasteiger partial charge in [-0.2, -0.15) is 13.2 Å². The van der Waals surface area contributed by atoms with Crippen molar-refractivity contribution in [2.24, 2.45) is 5.73 Å². The zero-order valence-corrected chi connectivity index (χ0v) is 16.5. The molecule has 1 amide bonds. The number of carbonyl (C=O) groups is 1. The zero-order valence-electron chi connectivity index (χ0n) is 15.7. The third-order valence-electron chi connectivity index (χ3n) is 4.80. The van der Waals surface area contributed by atoms with Crippen molar-refractivity contribution in [3.63, 3.8) is 0 Å². The molecule has 1 atom stereocenters. The molecule has 0 bridgehead atoms. The molecule has 0 aromatic carbocycles. The lowest BCUT2D eigenvalue weighted by Crippen LogP contribution is -2.25. The molecule has 1 aliphatic carbocycles. The van der Waals surface area contributed by atoms with E-state index >= 15 is 0 Å². The summed E-state index contributed by atoms with van der Waals surface area (Å²) >= 11 is 1.32. The molecule has 1 aliphatic heterocycles. The molecule has 2 aliphatic rings. The van der Waals surface area contributed by atoms with Gasteiger partial charge in [-0.15, -0.1) is 0 Å². The first kappa shape index (κ1) is 20.1. The predicted molar refractivity (Wildman–Crippen MR) is 107 cm³/mol. The Morgan fingerprint density at radius 1 is 1.27 bits per heavy atom. The van der Waals surface area contributed by atoms with Crippen LogP contribution in [0.2, 0.25) is 0 Å². The van der Waals surface area contributed by atoms with Crippen molar-refractivity contribution in [1.82, 2.24) is 20.3 Å². The molecule has 30 heavy (non-hydrogen) atoms. The highest BCUT2D eigenvalue weighted by Crippen LogP contribution is 2.51. The van der Waals surface area contributed by atoms with Crippen LogP contribution in [0.25, 0.3) is 11.1 Å². The molecule has 0 spiro atoms. The minimum absolute atomic E-state index is 0.175. The third kappa shape index (κ3) is 3.70. The number of carbonyl (C=O) groups excluding carboxylic acids is 1. The van der Waals surface area contributed by atoms with Crippen LogP contribution >= 0.6 is 11.8 Å². The number of primary amides is 1. The fourth-order valence-electron chi connectivity index (χ4n) is 3.34. The number of hydrogen-bond donors (Lipinski definition) is 2. The van der Waals surface area contributed by atoms with Crippen molar-refractivity contribution in [3.8, 4) is 0 Å². The quantitative estimate of drug-likeness (QED) is 0.723. The molecule has 1 unspecified atom stereocenters. The topological polar surface area (TPSA) is 93.8 Å². The number of aromatic nitrogens is 3. The predicted octanol–water partition coefficient (Wildman–Crippen LogP) is 3.51. The number of thioether (sulfide) groups is 1. The summed E-state index contributed by atoms with van der Waals surface area (Å²) < 4.78 is 38.7. The van der Waals surface area contributed by atoms with Gasteiger partial charge < -0.3 is 11.1 Å². The van der Waals surface area contributed by atoms with E-state index in [1.54, 1.807) is 12.4 Å². The summed E-state index contributed by atoms with van der Waals surface area (Å²) in [6, 6.07) is 4.55. The van der Waals surface area contributed by atoms with Gasteiger partial charge >= 0.3 is 6.18 Å². The molecular weight excluding hydrogens is 415 g/mol. The SMILES string of the molecule is CC12CC(c3cccnc3)=CC=C1N/C(=C(\C(N)=O)c1nccc(C(F)(F)F)n1)S2. The van der Waals surface area contributed by atoms with Gasteiger partial charge in [0.1, 0.15) is 11.3 Å². The van der Waals surface area contributed by atoms with Crippen molar-refractivity contribution < 1.29 is 18.0 Å². The number of nitrogens with zero attached hydrogens (tertiary/aromatic N) is 3. The van der Waals surface area contributed by atoms with E-state index in [-0.39, 0.29) is 11.4 Å². The van der Waals surface area contributed by atoms with Crippen molar-refractivity contribution in [2.75, 3.05) is 0 Å². The standard InChI is InChI=1S/C20H16F3N5OS/c1-19-9-11(12-3-2-7-25-10-12)4-5-13(19)28-18(30-19)15(16(24)29)17-26-8-6-14(27-17)20(21,22)23/h2-8,10,28H,9H2,1H3,(H2,24,29)/b18-15-. The van der Waals surface area contributed by atoms with Crippen molar-refractivity contribution >= 4 is 28.8 Å². The molecule has 0 saturated carbocycles. The number of pyridine rings is 1. The lowest BCUT2D eigenvalue weighted by Gasteiger charge is -2.27. The minimum Gasteiger partial charge on any atom is -0.365 e. The first-order valence-corrected chi connectivity index (χ1v) is 9.71. The van der Waals surface area contributed by atoms with Gasteiger partial charge in [0.25, 0.3) is 5.91 Å². The first-order chi connectivity index (χ1) is 14.2. The lowest BCUT2D eigenvalue weighted by molar-refractivity contribution is -0.141. The Morgan fingerprint density at radius 2 is 2.07 bits per heavy atom. The summed E-state index contributed by atoms with van der Waals surface area (Å²) in [6.45, 7) is 1.98. The van der Waals surface area contributed by atoms with E-state index in [1.807, 2.05) is 31.2 Å². The lowest BCUT2D eigenvalue weighted by atomic mass is 9.88. The van der Waals surface area contributed by atoms with E-state index < -0.39 is 22.5 Å². The molecule has 3 N–H and O–H groups in total. The van der Waals surface area contributed by atoms with Crippen LogP contribution in [-0.2, 0) is 11.0 Å². The number of nitrogens with one attached hydrogen (secondary N) is 1. The maximum Gasteiger partial charge on any atom is 0.433 e. The Bertz CT molecular complexity index is 1110. The number of rotatable bonds is 3. The third-order valence-corrected chi connectivity index (χ3v) is 6.12. The van der Waals surface area contributed by atoms with E-state index in [4.69, 9.17) is 5.73 Å². The highest BCUT2D eigenvalue weighted by Gasteiger charge is 2.42. The maximum absolute atomic E-state index is 13.1. The number of hydrogen-bond acceptors (Lipinski definition) is 6. The van der Waals surface area contributed by atoms with Crippen molar-refractivity contribution in [3.05, 3.63) is 76.7 Å². The van der Waals surface area contributed by atoms with Crippen LogP contribution in [0.1, 0.15) is 30.4 Å². The van der Waals surface area contributed by atoms with Crippen molar-refractivity contribution in [2.45, 2.75) is 24.3 Å². The van der Waals surface area contributed by atoms with E-state index in [9.17, 15) is 18.0 Å². The minimum atomic E-state index is -4.66. The molecule has 4 rings (SSSR count). The summed E-state index contributed by atoms with van der Waals surface area (Å²) in [6.07, 6.45) is 4.23. The van der Waals surface area contributed by atoms with E-state index in [0.717, 1.165) is 29.1 Å². The van der Waals surface area contributed by atoms with E-state index in [1.165, 1.54) is 11.8 Å². The van der Waals surface area contributed by atoms with Crippen LogP contribution in [0.4, 0.5) is 13.2 Å². The average Bonchev–Trinajstić information content (AvgIpc) is 3.03. The van der Waals surface area contributed by atoms with Gasteiger partial charge in [0.2, 0.25) is 0 Å². The number of halogens is 3. The molecule has 6 nitrogen and oxygen atoms in total. The monoisotopic (exact) mass is 431 g/mol. The van der Waals surface area contributed by atoms with E-state index in [2.05, 4.69) is 20.3 Å². The van der Waals surface area contributed by atoms with Crippen molar-refractivity contribution in [1.29, 1.82) is 0 Å². The normalized spacial score (nSPS) is 22.5. The Balaban J connectivity index is 1.71. The highest BCUT2D eigenvalue weighted by molar-refractivity contribution is 8.05. The maximum atomic E-state index is 13.1. The molecule has 0 radical (unpaired) electrons. The molecule has 2 aromatic rings. The summed E-state index contributed by atoms with van der Waals surface area (Å²) in [5.41, 5.74) is 7.04. The van der Waals surface area contributed by atoms with Gasteiger partial charge in [0.15, 0.2) is 5.82 Å². The fraction of sp³-hybridized carbons (Fsp3) is 0.200. The Morgan fingerprint density at radius 3 is 2.73 bits per heavy atom. The van der Waals surface area contributed by atoms with Gasteiger partial charge in [0, 0.05) is 24.3 Å². The number of allylic oxidation sites excluding steroid dienone is 3. The smallest absolute Gasteiger partial charge is 0.365 e. The Kier molecular flexibility index (Phi) is 4.89. The number of amides is 1. The van der Waals surface area contributed by atoms with Crippen LogP contribution in [0, 0.1) is 0 Å². The molecule has 1 fully saturated rings. The molecule has 154 valence electrons. The number of nitrogens with two attached hydrogens (primary N) is 1. The van der Waals surface area contributed by atoms with E-state index in [0.29, 0.717) is 11.4 Å². The van der Waals surface area contributed by atoms with Crippen LogP contribution in [0.15, 0.2) is 59.7 Å². The average molecular weight is 431 g/mol. The van der Waals surface area contributed by atoms with Crippen LogP contribution < -0.4 is 11.1 Å². The Labute approximate surface area is 174 Å². The first-order valence-electron chi connectivity index (χ1n) is 8.90. The van der Waals surface area contributed by atoms with Gasteiger partial charge in [-0.05, 0) is 42.7 Å². The van der Waals surface area contributed by atoms with Crippen LogP contribution in [0.3, 0.4) is 0 Å². The molecular formula is C20H16F3N5OS. The zero-order chi connectivity index (χ0) is 21.5. The molecule has 1 saturated heterocycles. The second-order valence-corrected chi connectivity index (χ2v) is 8.49. The highest BCUT2D eigenvalue weighted by atomic mass is 32.2. The summed E-state index contributed by atoms with van der Waals surface area (Å²) in [4.78, 5) is 23.7. The van der Waals surface area contributed by atoms with Crippen LogP contribution in [-0.4, -0.2) is 25.6 Å². The number of fused-ring (bicyclic) bond motifs is 1. The fourth-order valence-corrected chi connectivity index (χ4v) is 4.70.